The number of hydrogen-bond donors (Lipinski definition) is 0. The molecule has 0 aliphatic rings. The zero-order valence-electron chi connectivity index (χ0n) is 18.2. The number of carbonyl (C=O) groups excluding carboxylic acids is 1. The Labute approximate surface area is 177 Å². The van der Waals surface area contributed by atoms with Crippen molar-refractivity contribution in [2.45, 2.75) is 40.3 Å². The van der Waals surface area contributed by atoms with Crippen molar-refractivity contribution < 1.29 is 18.8 Å². The fraction of sp³-hybridized carbons (Fsp3) is 0.333. The molecule has 1 aromatic heterocycles. The van der Waals surface area contributed by atoms with Gasteiger partial charge in [-0.05, 0) is 49.6 Å². The Morgan fingerprint density at radius 3 is 2.37 bits per heavy atom. The van der Waals surface area contributed by atoms with Gasteiger partial charge in [0.2, 0.25) is 0 Å². The van der Waals surface area contributed by atoms with Gasteiger partial charge in [0, 0.05) is 19.2 Å². The summed E-state index contributed by atoms with van der Waals surface area (Å²) in [7, 11) is 3.36. The van der Waals surface area contributed by atoms with Gasteiger partial charge in [-0.2, -0.15) is 0 Å². The van der Waals surface area contributed by atoms with Crippen molar-refractivity contribution in [3.8, 4) is 11.5 Å². The lowest BCUT2D eigenvalue weighted by atomic mass is 10.1. The second-order valence-corrected chi connectivity index (χ2v) is 7.29. The van der Waals surface area contributed by atoms with Gasteiger partial charge >= 0.3 is 0 Å². The van der Waals surface area contributed by atoms with E-state index in [1.165, 1.54) is 5.56 Å². The van der Waals surface area contributed by atoms with E-state index >= 15 is 0 Å². The van der Waals surface area contributed by atoms with E-state index in [4.69, 9.17) is 14.0 Å². The summed E-state index contributed by atoms with van der Waals surface area (Å²) in [5.41, 5.74) is 4.63. The lowest BCUT2D eigenvalue weighted by Crippen LogP contribution is -2.26. The SMILES string of the molecule is CCc1ccc(CN(C)C(=O)c2ccc(OCc3c(C)noc3C)c(OC)c2)cc1. The molecule has 30 heavy (non-hydrogen) atoms. The van der Waals surface area contributed by atoms with Crippen LogP contribution >= 0.6 is 0 Å². The van der Waals surface area contributed by atoms with Gasteiger partial charge in [-0.25, -0.2) is 0 Å². The lowest BCUT2D eigenvalue weighted by Gasteiger charge is -2.19. The molecule has 3 rings (SSSR count). The lowest BCUT2D eigenvalue weighted by molar-refractivity contribution is 0.0784. The van der Waals surface area contributed by atoms with Gasteiger partial charge in [-0.15, -0.1) is 0 Å². The number of nitrogens with zero attached hydrogens (tertiary/aromatic N) is 2. The molecule has 0 aliphatic carbocycles. The number of rotatable bonds is 8. The zero-order valence-corrected chi connectivity index (χ0v) is 18.2. The highest BCUT2D eigenvalue weighted by Gasteiger charge is 2.16. The minimum Gasteiger partial charge on any atom is -0.493 e. The summed E-state index contributed by atoms with van der Waals surface area (Å²) in [6.07, 6.45) is 1.000. The molecular formula is C24H28N2O4. The molecule has 0 unspecified atom stereocenters. The number of methoxy groups -OCH3 is 1. The maximum Gasteiger partial charge on any atom is 0.254 e. The Hall–Kier alpha value is -3.28. The number of carbonyl (C=O) groups is 1. The smallest absolute Gasteiger partial charge is 0.254 e. The van der Waals surface area contributed by atoms with Crippen LogP contribution in [0.3, 0.4) is 0 Å². The monoisotopic (exact) mass is 408 g/mol. The Bertz CT molecular complexity index is 989. The van der Waals surface area contributed by atoms with Gasteiger partial charge in [0.15, 0.2) is 11.5 Å². The van der Waals surface area contributed by atoms with Crippen LogP contribution in [0, 0.1) is 13.8 Å². The Morgan fingerprint density at radius 2 is 1.77 bits per heavy atom. The van der Waals surface area contributed by atoms with Gasteiger partial charge in [0.05, 0.1) is 18.4 Å². The van der Waals surface area contributed by atoms with Crippen LogP contribution in [0.5, 0.6) is 11.5 Å². The molecule has 2 aromatic carbocycles. The molecule has 0 fully saturated rings. The van der Waals surface area contributed by atoms with Gasteiger partial charge in [0.25, 0.3) is 5.91 Å². The molecule has 1 amide bonds. The van der Waals surface area contributed by atoms with Crippen molar-refractivity contribution in [3.05, 3.63) is 76.2 Å². The van der Waals surface area contributed by atoms with Crippen LogP contribution in [0.15, 0.2) is 47.0 Å². The maximum absolute atomic E-state index is 12.9. The van der Waals surface area contributed by atoms with Crippen LogP contribution in [-0.2, 0) is 19.6 Å². The summed E-state index contributed by atoms with van der Waals surface area (Å²) in [4.78, 5) is 14.6. The third-order valence-corrected chi connectivity index (χ3v) is 5.16. The first-order valence-corrected chi connectivity index (χ1v) is 9.98. The third-order valence-electron chi connectivity index (χ3n) is 5.16. The van der Waals surface area contributed by atoms with Crippen molar-refractivity contribution in [1.29, 1.82) is 0 Å². The highest BCUT2D eigenvalue weighted by atomic mass is 16.5. The highest BCUT2D eigenvalue weighted by Crippen LogP contribution is 2.30. The summed E-state index contributed by atoms with van der Waals surface area (Å²) >= 11 is 0. The molecule has 0 saturated carbocycles. The standard InChI is InChI=1S/C24H28N2O4/c1-6-18-7-9-19(10-8-18)14-26(4)24(27)20-11-12-22(23(13-20)28-5)29-15-21-16(2)25-30-17(21)3/h7-13H,6,14-15H2,1-5H3. The van der Waals surface area contributed by atoms with Crippen LogP contribution in [0.4, 0.5) is 0 Å². The molecule has 6 nitrogen and oxygen atoms in total. The summed E-state index contributed by atoms with van der Waals surface area (Å²) in [5, 5.41) is 3.94. The van der Waals surface area contributed by atoms with Crippen molar-refractivity contribution in [1.82, 2.24) is 10.1 Å². The molecule has 0 bridgehead atoms. The molecule has 1 heterocycles. The van der Waals surface area contributed by atoms with Crippen LogP contribution < -0.4 is 9.47 Å². The van der Waals surface area contributed by atoms with E-state index in [9.17, 15) is 4.79 Å². The second kappa shape index (κ2) is 9.48. The summed E-state index contributed by atoms with van der Waals surface area (Å²) in [6.45, 7) is 6.71. The summed E-state index contributed by atoms with van der Waals surface area (Å²) < 4.78 is 16.5. The minimum atomic E-state index is -0.0786. The molecular weight excluding hydrogens is 380 g/mol. The predicted octanol–water partition coefficient (Wildman–Crippen LogP) is 4.71. The Morgan fingerprint density at radius 1 is 1.07 bits per heavy atom. The van der Waals surface area contributed by atoms with E-state index in [1.807, 2.05) is 13.8 Å². The number of aromatic nitrogens is 1. The average Bonchev–Trinajstić information content (AvgIpc) is 3.09. The van der Waals surface area contributed by atoms with Crippen molar-refractivity contribution in [2.75, 3.05) is 14.2 Å². The first kappa shape index (κ1) is 21.4. The molecule has 3 aromatic rings. The van der Waals surface area contributed by atoms with Crippen LogP contribution in [0.25, 0.3) is 0 Å². The molecule has 0 atom stereocenters. The highest BCUT2D eigenvalue weighted by molar-refractivity contribution is 5.94. The summed E-state index contributed by atoms with van der Waals surface area (Å²) in [6, 6.07) is 13.5. The van der Waals surface area contributed by atoms with E-state index in [2.05, 4.69) is 36.3 Å². The molecule has 0 radical (unpaired) electrons. The van der Waals surface area contributed by atoms with Crippen LogP contribution in [0.2, 0.25) is 0 Å². The fourth-order valence-electron chi connectivity index (χ4n) is 3.22. The number of aryl methyl sites for hydroxylation is 3. The number of hydrogen-bond acceptors (Lipinski definition) is 5. The number of benzene rings is 2. The number of ether oxygens (including phenoxy) is 2. The third kappa shape index (κ3) is 4.82. The van der Waals surface area contributed by atoms with Gasteiger partial charge < -0.3 is 18.9 Å². The van der Waals surface area contributed by atoms with Gasteiger partial charge in [0.1, 0.15) is 12.4 Å². The summed E-state index contributed by atoms with van der Waals surface area (Å²) in [5.74, 6) is 1.72. The normalized spacial score (nSPS) is 10.7. The first-order chi connectivity index (χ1) is 14.4. The van der Waals surface area contributed by atoms with Gasteiger partial charge in [-0.3, -0.25) is 4.79 Å². The Kier molecular flexibility index (Phi) is 6.77. The molecule has 0 aliphatic heterocycles. The van der Waals surface area contributed by atoms with E-state index in [-0.39, 0.29) is 5.91 Å². The van der Waals surface area contributed by atoms with Crippen LogP contribution in [-0.4, -0.2) is 30.1 Å². The van der Waals surface area contributed by atoms with E-state index < -0.39 is 0 Å². The minimum absolute atomic E-state index is 0.0786. The average molecular weight is 408 g/mol. The van der Waals surface area contributed by atoms with Crippen molar-refractivity contribution in [3.63, 3.8) is 0 Å². The molecule has 6 heteroatoms. The van der Waals surface area contributed by atoms with Crippen molar-refractivity contribution in [2.24, 2.45) is 0 Å². The molecule has 158 valence electrons. The van der Waals surface area contributed by atoms with E-state index in [0.29, 0.717) is 30.2 Å². The number of amides is 1. The molecule has 0 saturated heterocycles. The molecule has 0 spiro atoms. The second-order valence-electron chi connectivity index (χ2n) is 7.29. The topological polar surface area (TPSA) is 64.8 Å². The van der Waals surface area contributed by atoms with E-state index in [1.54, 1.807) is 37.3 Å². The largest absolute Gasteiger partial charge is 0.493 e. The first-order valence-electron chi connectivity index (χ1n) is 9.98. The van der Waals surface area contributed by atoms with Crippen LogP contribution in [0.1, 0.15) is 45.4 Å². The molecule has 0 N–H and O–H groups in total. The van der Waals surface area contributed by atoms with E-state index in [0.717, 1.165) is 29.0 Å². The maximum atomic E-state index is 12.9. The zero-order chi connectivity index (χ0) is 21.7. The fourth-order valence-corrected chi connectivity index (χ4v) is 3.22. The predicted molar refractivity (Wildman–Crippen MR) is 115 cm³/mol. The Balaban J connectivity index is 1.70. The van der Waals surface area contributed by atoms with Crippen molar-refractivity contribution >= 4 is 5.91 Å². The quantitative estimate of drug-likeness (QED) is 0.540. The van der Waals surface area contributed by atoms with Gasteiger partial charge in [-0.1, -0.05) is 36.3 Å².